The molecule has 0 spiro atoms. The molecule has 0 aromatic carbocycles. The van der Waals surface area contributed by atoms with Crippen LogP contribution in [0.5, 0.6) is 0 Å². The molecule has 0 N–H and O–H groups in total. The van der Waals surface area contributed by atoms with Crippen molar-refractivity contribution >= 4 is 28.3 Å². The Labute approximate surface area is 95.7 Å². The van der Waals surface area contributed by atoms with Crippen molar-refractivity contribution in [2.24, 2.45) is 0 Å². The minimum absolute atomic E-state index is 0. The summed E-state index contributed by atoms with van der Waals surface area (Å²) in [4.78, 5) is 0. The van der Waals surface area contributed by atoms with Crippen LogP contribution >= 0.6 is 0 Å². The zero-order valence-electron chi connectivity index (χ0n) is 1.44. The Morgan fingerprint density at radius 3 is 1.00 bits per heavy atom. The Hall–Kier alpha value is 2.84. The van der Waals surface area contributed by atoms with Crippen molar-refractivity contribution < 1.29 is 68.6 Å². The van der Waals surface area contributed by atoms with Crippen LogP contribution in [0.2, 0.25) is 0 Å². The van der Waals surface area contributed by atoms with E-state index in [2.05, 4.69) is 0 Å². The third-order valence-electron chi connectivity index (χ3n) is 0. The molecule has 6 heavy (non-hydrogen) atoms. The molecule has 46 valence electrons. The van der Waals surface area contributed by atoms with E-state index in [1.54, 1.807) is 0 Å². The Balaban J connectivity index is 0. The van der Waals surface area contributed by atoms with Crippen molar-refractivity contribution in [1.82, 2.24) is 0 Å². The number of rotatable bonds is 0. The quantitative estimate of drug-likeness (QED) is 0.427. The molecule has 2 radical (unpaired) electrons. The maximum absolute atomic E-state index is 0. The molecular formula is H7AlCrCuFeMnSi. The molecule has 0 atom stereocenters. The van der Waals surface area contributed by atoms with Gasteiger partial charge in [-0.2, -0.15) is 0 Å². The molecule has 0 rings (SSSR count). The molecule has 0 nitrogen and oxygen atoms in total. The topological polar surface area (TPSA) is 0 Å². The Kier molecular flexibility index (Phi) is 511. The fourth-order valence-corrected chi connectivity index (χ4v) is 0. The minimum Gasteiger partial charge on any atom is -0.0149 e. The number of hydrogen-bond donors (Lipinski definition) is 0. The zero-order valence-corrected chi connectivity index (χ0v) is 5.94. The third-order valence-corrected chi connectivity index (χ3v) is 0. The van der Waals surface area contributed by atoms with Crippen LogP contribution in [0, 0.1) is 0 Å². The third kappa shape index (κ3) is 28.9. The van der Waals surface area contributed by atoms with E-state index in [1.165, 1.54) is 0 Å². The molecule has 0 bridgehead atoms. The van der Waals surface area contributed by atoms with Crippen LogP contribution in [0.3, 0.4) is 0 Å². The smallest absolute Gasteiger partial charge is 0.0149 e. The van der Waals surface area contributed by atoms with E-state index in [9.17, 15) is 0 Å². The maximum Gasteiger partial charge on any atom is 0.187 e. The molecule has 0 heterocycles. The maximum atomic E-state index is 0. The van der Waals surface area contributed by atoms with Crippen LogP contribution in [-0.4, -0.2) is 28.3 Å². The molecule has 0 aliphatic rings. The van der Waals surface area contributed by atoms with E-state index >= 15 is 0 Å². The second kappa shape index (κ2) is 45.5. The monoisotopic (exact) mass is 288 g/mol. The van der Waals surface area contributed by atoms with Crippen LogP contribution < -0.4 is 0 Å². The summed E-state index contributed by atoms with van der Waals surface area (Å²) in [5.41, 5.74) is 0. The molecule has 0 amide bonds. The molecular weight excluding hydrogens is 281 g/mol. The molecule has 0 saturated carbocycles. The van der Waals surface area contributed by atoms with Gasteiger partial charge in [0.2, 0.25) is 0 Å². The van der Waals surface area contributed by atoms with E-state index < -0.39 is 0 Å². The first kappa shape index (κ1) is 67.4. The first-order valence-electron chi connectivity index (χ1n) is 0. The largest absolute Gasteiger partial charge is 0.187 e. The molecule has 6 heteroatoms. The van der Waals surface area contributed by atoms with Crippen molar-refractivity contribution in [2.75, 3.05) is 0 Å². The van der Waals surface area contributed by atoms with E-state index in [0.29, 0.717) is 0 Å². The van der Waals surface area contributed by atoms with Gasteiger partial charge in [0.1, 0.15) is 0 Å². The van der Waals surface area contributed by atoms with Gasteiger partial charge in [-0.15, -0.1) is 0 Å². The molecule has 0 aromatic rings. The van der Waals surface area contributed by atoms with Crippen LogP contribution in [0.4, 0.5) is 0 Å². The number of hydrogen-bond acceptors (Lipinski definition) is 0. The van der Waals surface area contributed by atoms with Gasteiger partial charge in [-0.1, -0.05) is 0 Å². The normalized spacial score (nSPS) is 0. The summed E-state index contributed by atoms with van der Waals surface area (Å²) in [7, 11) is 0. The van der Waals surface area contributed by atoms with Gasteiger partial charge in [0.25, 0.3) is 0 Å². The van der Waals surface area contributed by atoms with Crippen molar-refractivity contribution in [2.45, 2.75) is 0 Å². The molecule has 0 fully saturated rings. The fraction of sp³-hybridized carbons (Fsp3) is 0. The summed E-state index contributed by atoms with van der Waals surface area (Å²) < 4.78 is 0. The van der Waals surface area contributed by atoms with Gasteiger partial charge < -0.3 is 0 Å². The summed E-state index contributed by atoms with van der Waals surface area (Å²) >= 11 is 0. The van der Waals surface area contributed by atoms with E-state index in [1.807, 2.05) is 0 Å². The molecule has 0 aromatic heterocycles. The molecule has 0 saturated heterocycles. The van der Waals surface area contributed by atoms with Crippen molar-refractivity contribution in [3.63, 3.8) is 0 Å². The van der Waals surface area contributed by atoms with Gasteiger partial charge in [-0.3, -0.25) is 0 Å². The standard InChI is InChI=1S/Al.Cr.Cu.Fe.Mn.H4Si.3H/h;;;;;1H4;;;. The summed E-state index contributed by atoms with van der Waals surface area (Å²) in [6.07, 6.45) is 0. The van der Waals surface area contributed by atoms with Crippen LogP contribution in [-0.2, 0) is 68.6 Å². The van der Waals surface area contributed by atoms with Gasteiger partial charge in [0, 0.05) is 68.6 Å². The van der Waals surface area contributed by atoms with Crippen LogP contribution in [0.15, 0.2) is 0 Å². The first-order valence-corrected chi connectivity index (χ1v) is 0. The summed E-state index contributed by atoms with van der Waals surface area (Å²) in [5, 5.41) is 0. The van der Waals surface area contributed by atoms with Gasteiger partial charge in [-0.05, 0) is 11.0 Å². The molecule has 0 aliphatic carbocycles. The van der Waals surface area contributed by atoms with Crippen molar-refractivity contribution in [3.8, 4) is 0 Å². The first-order chi connectivity index (χ1) is 0. The van der Waals surface area contributed by atoms with E-state index in [4.69, 9.17) is 0 Å². The minimum atomic E-state index is 0. The second-order valence-electron chi connectivity index (χ2n) is 0. The van der Waals surface area contributed by atoms with Gasteiger partial charge >= 0.3 is 0 Å². The predicted octanol–water partition coefficient (Wildman–Crippen LogP) is -2.65. The molecule has 0 unspecified atom stereocenters. The van der Waals surface area contributed by atoms with Gasteiger partial charge in [0.15, 0.2) is 17.4 Å². The van der Waals surface area contributed by atoms with Crippen LogP contribution in [0.1, 0.15) is 0 Å². The van der Waals surface area contributed by atoms with Crippen molar-refractivity contribution in [1.29, 1.82) is 0 Å². The average molecular weight is 288 g/mol. The summed E-state index contributed by atoms with van der Waals surface area (Å²) in [6.45, 7) is 0. The summed E-state index contributed by atoms with van der Waals surface area (Å²) in [6, 6.07) is 0. The fourth-order valence-electron chi connectivity index (χ4n) is 0. The van der Waals surface area contributed by atoms with E-state index in [-0.39, 0.29) is 96.9 Å². The Morgan fingerprint density at radius 2 is 1.00 bits per heavy atom. The van der Waals surface area contributed by atoms with Crippen molar-refractivity contribution in [3.05, 3.63) is 0 Å². The average Bonchev–Trinajstić information content (AvgIpc) is 0. The predicted molar refractivity (Wildman–Crippen MR) is 21.3 cm³/mol. The van der Waals surface area contributed by atoms with Gasteiger partial charge in [0.05, 0.1) is 0 Å². The Bertz CT molecular complexity index is 15.5. The van der Waals surface area contributed by atoms with Gasteiger partial charge in [-0.25, -0.2) is 0 Å². The molecule has 0 aliphatic heterocycles. The van der Waals surface area contributed by atoms with E-state index in [0.717, 1.165) is 0 Å². The summed E-state index contributed by atoms with van der Waals surface area (Å²) in [5.74, 6) is 0. The van der Waals surface area contributed by atoms with Crippen LogP contribution in [0.25, 0.3) is 0 Å². The second-order valence-corrected chi connectivity index (χ2v) is 0. The zero-order chi connectivity index (χ0) is 0. The Morgan fingerprint density at radius 1 is 1.00 bits per heavy atom. The SMILES string of the molecule is [AlH3].[Cr].[Cu].[Fe].[Mn].[SiH4].